The molecule has 48 heavy (non-hydrogen) atoms. The predicted molar refractivity (Wildman–Crippen MR) is 190 cm³/mol. The van der Waals surface area contributed by atoms with Crippen molar-refractivity contribution in [1.82, 2.24) is 0 Å². The van der Waals surface area contributed by atoms with E-state index in [0.29, 0.717) is 73.3 Å². The molecule has 6 aromatic rings. The Kier molecular flexibility index (Phi) is 8.61. The van der Waals surface area contributed by atoms with Crippen molar-refractivity contribution in [2.75, 3.05) is 28.7 Å². The Morgan fingerprint density at radius 2 is 0.729 bits per heavy atom. The summed E-state index contributed by atoms with van der Waals surface area (Å²) >= 11 is 0. The second-order valence-electron chi connectivity index (χ2n) is 10.5. The first-order chi connectivity index (χ1) is 23.2. The largest absolute Gasteiger partial charge is 0.505 e. The van der Waals surface area contributed by atoms with Gasteiger partial charge in [-0.25, -0.2) is 0 Å². The van der Waals surface area contributed by atoms with Crippen LogP contribution in [0.5, 0.6) is 5.75 Å². The van der Waals surface area contributed by atoms with Gasteiger partial charge in [0.25, 0.3) is 0 Å². The maximum Gasteiger partial charge on any atom is 0.153 e. The van der Waals surface area contributed by atoms with Gasteiger partial charge in [0.05, 0.1) is 45.2 Å². The minimum atomic E-state index is -0.131. The van der Waals surface area contributed by atoms with Crippen LogP contribution < -0.4 is 28.7 Å². The normalized spacial score (nSPS) is 11.9. The number of nitrogens with zero attached hydrogens (tertiary/aromatic N) is 8. The van der Waals surface area contributed by atoms with Gasteiger partial charge in [-0.1, -0.05) is 12.1 Å². The minimum absolute atomic E-state index is 0.131. The van der Waals surface area contributed by atoms with E-state index in [2.05, 4.69) is 40.9 Å². The Labute approximate surface area is 274 Å². The van der Waals surface area contributed by atoms with Crippen molar-refractivity contribution < 1.29 is 5.11 Å². The number of hydrogen-bond donors (Lipinski definition) is 6. The van der Waals surface area contributed by atoms with Crippen molar-refractivity contribution >= 4 is 84.7 Å². The highest BCUT2D eigenvalue weighted by atomic mass is 16.3. The number of fused-ring (bicyclic) bond motifs is 1. The molecule has 236 valence electrons. The summed E-state index contributed by atoms with van der Waals surface area (Å²) in [6.07, 6.45) is 0. The third-order valence-electron chi connectivity index (χ3n) is 7.05. The third kappa shape index (κ3) is 7.02. The summed E-state index contributed by atoms with van der Waals surface area (Å²) in [6, 6.07) is 30.9. The zero-order chi connectivity index (χ0) is 33.6. The Bertz CT molecular complexity index is 2090. The van der Waals surface area contributed by atoms with E-state index in [0.717, 1.165) is 0 Å². The average Bonchev–Trinajstić information content (AvgIpc) is 3.08. The number of anilines is 5. The summed E-state index contributed by atoms with van der Waals surface area (Å²) in [4.78, 5) is 0. The molecule has 14 nitrogen and oxygen atoms in total. The van der Waals surface area contributed by atoms with Crippen LogP contribution in [-0.4, -0.2) is 5.11 Å². The topological polar surface area (TPSA) is 249 Å². The Hall–Kier alpha value is -7.22. The lowest BCUT2D eigenvalue weighted by atomic mass is 10.1. The zero-order valence-corrected chi connectivity index (χ0v) is 25.3. The molecule has 11 N–H and O–H groups in total. The van der Waals surface area contributed by atoms with Crippen LogP contribution in [0.25, 0.3) is 10.8 Å². The fraction of sp³-hybridized carbons (Fsp3) is 0. The van der Waals surface area contributed by atoms with Crippen molar-refractivity contribution in [3.05, 3.63) is 109 Å². The van der Waals surface area contributed by atoms with Crippen LogP contribution in [0.2, 0.25) is 0 Å². The smallest absolute Gasteiger partial charge is 0.153 e. The Morgan fingerprint density at radius 1 is 0.375 bits per heavy atom. The summed E-state index contributed by atoms with van der Waals surface area (Å²) in [5, 5.41) is 46.0. The van der Waals surface area contributed by atoms with Crippen molar-refractivity contribution in [1.29, 1.82) is 0 Å². The molecule has 0 radical (unpaired) electrons. The standard InChI is InChI=1S/C34H29N13O/c35-20-3-15-28(26(37)17-20)44-40-22-5-9-24(10-6-22)42-46-30-13-1-19-2-14-31(34(48)32(19)33(30)39)47-43-25-11-7-23(8-12-25)41-45-29-16-4-21(36)18-27(29)38/h1-18,48H,35-39H2. The Morgan fingerprint density at radius 3 is 1.15 bits per heavy atom. The van der Waals surface area contributed by atoms with E-state index in [4.69, 9.17) is 28.7 Å². The lowest BCUT2D eigenvalue weighted by Gasteiger charge is -2.08. The minimum Gasteiger partial charge on any atom is -0.505 e. The second-order valence-corrected chi connectivity index (χ2v) is 10.5. The number of benzene rings is 6. The molecule has 0 unspecified atom stereocenters. The van der Waals surface area contributed by atoms with Gasteiger partial charge in [-0.15, -0.1) is 20.5 Å². The number of azo groups is 4. The number of phenolic OH excluding ortho intramolecular Hbond substituents is 1. The first-order valence-corrected chi connectivity index (χ1v) is 14.4. The molecule has 0 amide bonds. The van der Waals surface area contributed by atoms with Crippen LogP contribution in [0.3, 0.4) is 0 Å². The lowest BCUT2D eigenvalue weighted by molar-refractivity contribution is 0.483. The molecule has 0 heterocycles. The van der Waals surface area contributed by atoms with Crippen LogP contribution in [-0.2, 0) is 0 Å². The van der Waals surface area contributed by atoms with E-state index >= 15 is 0 Å². The molecule has 0 fully saturated rings. The highest BCUT2D eigenvalue weighted by Gasteiger charge is 2.12. The van der Waals surface area contributed by atoms with E-state index in [1.54, 1.807) is 109 Å². The molecule has 0 aliphatic heterocycles. The van der Waals surface area contributed by atoms with Crippen molar-refractivity contribution in [2.24, 2.45) is 40.9 Å². The number of nitrogen functional groups attached to an aromatic ring is 5. The molecule has 0 saturated heterocycles. The van der Waals surface area contributed by atoms with Crippen LogP contribution in [0.1, 0.15) is 0 Å². The first kappa shape index (κ1) is 30.8. The Balaban J connectivity index is 1.15. The van der Waals surface area contributed by atoms with Gasteiger partial charge in [-0.05, 0) is 102 Å². The van der Waals surface area contributed by atoms with Gasteiger partial charge in [-0.3, -0.25) is 0 Å². The van der Waals surface area contributed by atoms with E-state index in [-0.39, 0.29) is 17.1 Å². The van der Waals surface area contributed by atoms with Gasteiger partial charge in [0.15, 0.2) is 5.75 Å². The van der Waals surface area contributed by atoms with Gasteiger partial charge in [0, 0.05) is 11.4 Å². The number of hydrogen-bond acceptors (Lipinski definition) is 14. The van der Waals surface area contributed by atoms with E-state index in [1.165, 1.54) is 0 Å². The molecular formula is C34H29N13O. The quantitative estimate of drug-likeness (QED) is 0.0700. The van der Waals surface area contributed by atoms with E-state index in [9.17, 15) is 5.11 Å². The van der Waals surface area contributed by atoms with Gasteiger partial charge in [0.2, 0.25) is 0 Å². The molecule has 0 spiro atoms. The van der Waals surface area contributed by atoms with Crippen LogP contribution in [0.4, 0.5) is 73.9 Å². The predicted octanol–water partition coefficient (Wildman–Crippen LogP) is 10.1. The SMILES string of the molecule is Nc1ccc(N=Nc2ccc(N=Nc3ccc4ccc(N=Nc5ccc(N=Nc6ccc(N)cc6N)cc5)c(O)c4c3N)cc2)c(N)c1. The summed E-state index contributed by atoms with van der Waals surface area (Å²) in [5.74, 6) is -0.131. The van der Waals surface area contributed by atoms with Crippen LogP contribution in [0.15, 0.2) is 150 Å². The maximum atomic E-state index is 11.1. The highest BCUT2D eigenvalue weighted by molar-refractivity contribution is 6.04. The molecule has 0 aliphatic rings. The van der Waals surface area contributed by atoms with Crippen molar-refractivity contribution in [2.45, 2.75) is 0 Å². The highest BCUT2D eigenvalue weighted by Crippen LogP contribution is 2.42. The fourth-order valence-electron chi connectivity index (χ4n) is 4.52. The van der Waals surface area contributed by atoms with E-state index < -0.39 is 0 Å². The summed E-state index contributed by atoms with van der Waals surface area (Å²) in [6.45, 7) is 0. The summed E-state index contributed by atoms with van der Waals surface area (Å²) < 4.78 is 0. The number of aromatic hydroxyl groups is 1. The number of rotatable bonds is 8. The van der Waals surface area contributed by atoms with Gasteiger partial charge in [-0.2, -0.15) is 20.5 Å². The first-order valence-electron chi connectivity index (χ1n) is 14.4. The van der Waals surface area contributed by atoms with Crippen molar-refractivity contribution in [3.8, 4) is 5.75 Å². The van der Waals surface area contributed by atoms with Gasteiger partial charge in [0.1, 0.15) is 22.7 Å². The van der Waals surface area contributed by atoms with Crippen LogP contribution in [0, 0.1) is 0 Å². The number of nitrogens with two attached hydrogens (primary N) is 5. The molecule has 0 atom stereocenters. The maximum absolute atomic E-state index is 11.1. The molecule has 0 saturated carbocycles. The van der Waals surface area contributed by atoms with Gasteiger partial charge >= 0.3 is 0 Å². The molecule has 0 aromatic heterocycles. The van der Waals surface area contributed by atoms with Gasteiger partial charge < -0.3 is 33.8 Å². The summed E-state index contributed by atoms with van der Waals surface area (Å²) in [7, 11) is 0. The number of phenols is 1. The summed E-state index contributed by atoms with van der Waals surface area (Å²) in [5.41, 5.74) is 35.9. The monoisotopic (exact) mass is 635 g/mol. The zero-order valence-electron chi connectivity index (χ0n) is 25.3. The second kappa shape index (κ2) is 13.4. The molecular weight excluding hydrogens is 606 g/mol. The molecule has 0 bridgehead atoms. The van der Waals surface area contributed by atoms with Crippen molar-refractivity contribution in [3.63, 3.8) is 0 Å². The molecule has 14 heteroatoms. The van der Waals surface area contributed by atoms with Crippen LogP contribution >= 0.6 is 0 Å². The van der Waals surface area contributed by atoms with E-state index in [1.807, 2.05) is 0 Å². The molecule has 0 aliphatic carbocycles. The fourth-order valence-corrected chi connectivity index (χ4v) is 4.52. The average molecular weight is 636 g/mol. The molecule has 6 rings (SSSR count). The lowest BCUT2D eigenvalue weighted by Crippen LogP contribution is -1.89. The molecule has 6 aromatic carbocycles. The third-order valence-corrected chi connectivity index (χ3v) is 7.05.